The van der Waals surface area contributed by atoms with E-state index in [0.29, 0.717) is 5.02 Å². The van der Waals surface area contributed by atoms with Crippen LogP contribution in [-0.2, 0) is 10.3 Å². The number of ether oxygens (including phenoxy) is 1. The minimum atomic E-state index is -0.593. The minimum absolute atomic E-state index is 0.00620. The molecule has 1 aliphatic carbocycles. The molecule has 5 heteroatoms. The number of carbonyl (C=O) groups excluding carboxylic acids is 1. The van der Waals surface area contributed by atoms with E-state index >= 15 is 0 Å². The number of isocyanates is 1. The van der Waals surface area contributed by atoms with Crippen LogP contribution in [0.4, 0.5) is 0 Å². The normalized spacial score (nSPS) is 16.6. The smallest absolute Gasteiger partial charge is 0.235 e. The van der Waals surface area contributed by atoms with Crippen molar-refractivity contribution in [2.24, 2.45) is 4.99 Å². The number of rotatable bonds is 3. The molecule has 1 saturated carbocycles. The highest BCUT2D eigenvalue weighted by molar-refractivity contribution is 6.33. The van der Waals surface area contributed by atoms with Crippen LogP contribution in [0.3, 0.4) is 0 Å². The molecule has 18 heavy (non-hydrogen) atoms. The van der Waals surface area contributed by atoms with Crippen LogP contribution in [0.25, 0.3) is 0 Å². The number of phenolic OH excluding ortho intramolecular Hbond substituents is 1. The van der Waals surface area contributed by atoms with Crippen molar-refractivity contribution in [1.29, 1.82) is 0 Å². The number of methoxy groups -OCH3 is 1. The fourth-order valence-corrected chi connectivity index (χ4v) is 3.02. The van der Waals surface area contributed by atoms with Crippen molar-refractivity contribution >= 4 is 17.7 Å². The van der Waals surface area contributed by atoms with Crippen molar-refractivity contribution in [2.45, 2.75) is 31.7 Å². The average molecular weight is 268 g/mol. The Morgan fingerprint density at radius 2 is 2.22 bits per heavy atom. The summed E-state index contributed by atoms with van der Waals surface area (Å²) in [6.07, 6.45) is 4.14. The third-order valence-electron chi connectivity index (χ3n) is 3.51. The lowest BCUT2D eigenvalue weighted by atomic mass is 9.71. The van der Waals surface area contributed by atoms with Crippen molar-refractivity contribution in [3.8, 4) is 11.5 Å². The summed E-state index contributed by atoms with van der Waals surface area (Å²) in [5.41, 5.74) is 0.967. The van der Waals surface area contributed by atoms with Gasteiger partial charge in [0.25, 0.3) is 0 Å². The number of aliphatic imine (C=N–C) groups is 1. The van der Waals surface area contributed by atoms with Crippen LogP contribution in [0.15, 0.2) is 11.1 Å². The van der Waals surface area contributed by atoms with Crippen LogP contribution in [0.1, 0.15) is 30.4 Å². The zero-order valence-corrected chi connectivity index (χ0v) is 11.0. The Morgan fingerprint density at radius 3 is 2.67 bits per heavy atom. The third kappa shape index (κ3) is 1.78. The summed E-state index contributed by atoms with van der Waals surface area (Å²) in [6, 6.07) is 1.58. The van der Waals surface area contributed by atoms with E-state index in [1.54, 1.807) is 12.1 Å². The largest absolute Gasteiger partial charge is 0.504 e. The number of aromatic hydroxyl groups is 1. The molecule has 0 amide bonds. The van der Waals surface area contributed by atoms with E-state index in [2.05, 4.69) is 4.99 Å². The summed E-state index contributed by atoms with van der Waals surface area (Å²) in [7, 11) is 1.44. The van der Waals surface area contributed by atoms with Crippen LogP contribution in [0, 0.1) is 6.92 Å². The van der Waals surface area contributed by atoms with E-state index in [-0.39, 0.29) is 11.5 Å². The van der Waals surface area contributed by atoms with Crippen LogP contribution in [0.2, 0.25) is 5.02 Å². The molecule has 0 atom stereocenters. The van der Waals surface area contributed by atoms with Crippen molar-refractivity contribution in [3.05, 3.63) is 22.2 Å². The topological polar surface area (TPSA) is 58.9 Å². The maximum absolute atomic E-state index is 10.6. The standard InChI is InChI=1S/C13H14ClNO3/c1-8-6-9(17)12(18-2)11(14)10(8)13(15-7-16)4-3-5-13/h6,17H,3-5H2,1-2H3. The molecule has 0 aliphatic heterocycles. The van der Waals surface area contributed by atoms with Gasteiger partial charge in [0, 0.05) is 5.56 Å². The summed E-state index contributed by atoms with van der Waals surface area (Å²) in [4.78, 5) is 14.5. The molecule has 2 rings (SSSR count). The highest BCUT2D eigenvalue weighted by atomic mass is 35.5. The zero-order chi connectivity index (χ0) is 13.3. The van der Waals surface area contributed by atoms with Crippen molar-refractivity contribution in [2.75, 3.05) is 7.11 Å². The van der Waals surface area contributed by atoms with Gasteiger partial charge in [-0.15, -0.1) is 0 Å². The first-order chi connectivity index (χ1) is 8.55. The molecule has 0 saturated heterocycles. The first-order valence-corrected chi connectivity index (χ1v) is 6.09. The molecule has 96 valence electrons. The first kappa shape index (κ1) is 12.9. The van der Waals surface area contributed by atoms with Gasteiger partial charge in [-0.25, -0.2) is 4.79 Å². The van der Waals surface area contributed by atoms with Gasteiger partial charge in [0.1, 0.15) is 5.54 Å². The zero-order valence-electron chi connectivity index (χ0n) is 10.3. The quantitative estimate of drug-likeness (QED) is 0.676. The predicted molar refractivity (Wildman–Crippen MR) is 68.1 cm³/mol. The molecule has 0 spiro atoms. The van der Waals surface area contributed by atoms with Gasteiger partial charge in [-0.1, -0.05) is 11.6 Å². The van der Waals surface area contributed by atoms with E-state index in [0.717, 1.165) is 30.4 Å². The van der Waals surface area contributed by atoms with Gasteiger partial charge in [0.15, 0.2) is 11.5 Å². The second kappa shape index (κ2) is 4.63. The molecule has 0 bridgehead atoms. The Kier molecular flexibility index (Phi) is 3.33. The summed E-state index contributed by atoms with van der Waals surface area (Å²) in [5, 5.41) is 10.1. The van der Waals surface area contributed by atoms with Crippen LogP contribution >= 0.6 is 11.6 Å². The molecular weight excluding hydrogens is 254 g/mol. The fourth-order valence-electron chi connectivity index (χ4n) is 2.52. The van der Waals surface area contributed by atoms with Gasteiger partial charge in [-0.3, -0.25) is 0 Å². The molecule has 0 aromatic heterocycles. The van der Waals surface area contributed by atoms with Gasteiger partial charge in [-0.05, 0) is 37.8 Å². The Labute approximate surface area is 110 Å². The predicted octanol–water partition coefficient (Wildman–Crippen LogP) is 3.08. The number of nitrogens with zero attached hydrogens (tertiary/aromatic N) is 1. The number of hydrogen-bond donors (Lipinski definition) is 1. The number of halogens is 1. The van der Waals surface area contributed by atoms with Crippen molar-refractivity contribution in [1.82, 2.24) is 0 Å². The molecule has 0 radical (unpaired) electrons. The number of benzene rings is 1. The number of aryl methyl sites for hydroxylation is 1. The SMILES string of the molecule is COc1c(O)cc(C)c(C2(N=C=O)CCC2)c1Cl. The van der Waals surface area contributed by atoms with Crippen molar-refractivity contribution < 1.29 is 14.6 Å². The molecule has 0 heterocycles. The lowest BCUT2D eigenvalue weighted by molar-refractivity contribution is 0.253. The summed E-state index contributed by atoms with van der Waals surface area (Å²) < 4.78 is 5.09. The summed E-state index contributed by atoms with van der Waals surface area (Å²) >= 11 is 6.28. The highest BCUT2D eigenvalue weighted by Gasteiger charge is 2.42. The summed E-state index contributed by atoms with van der Waals surface area (Å²) in [6.45, 7) is 1.83. The first-order valence-electron chi connectivity index (χ1n) is 5.71. The number of phenols is 1. The molecule has 1 fully saturated rings. The molecule has 4 nitrogen and oxygen atoms in total. The summed E-state index contributed by atoms with van der Waals surface area (Å²) in [5.74, 6) is 0.220. The van der Waals surface area contributed by atoms with Gasteiger partial charge in [-0.2, -0.15) is 4.99 Å². The van der Waals surface area contributed by atoms with Crippen molar-refractivity contribution in [3.63, 3.8) is 0 Å². The second-order valence-electron chi connectivity index (χ2n) is 4.52. The monoisotopic (exact) mass is 267 g/mol. The van der Waals surface area contributed by atoms with E-state index in [1.807, 2.05) is 6.92 Å². The minimum Gasteiger partial charge on any atom is -0.504 e. The van der Waals surface area contributed by atoms with E-state index in [4.69, 9.17) is 16.3 Å². The average Bonchev–Trinajstić information content (AvgIpc) is 2.25. The Bertz CT molecular complexity index is 532. The molecule has 1 aromatic carbocycles. The Hall–Kier alpha value is -1.51. The van der Waals surface area contributed by atoms with Crippen LogP contribution < -0.4 is 4.74 Å². The van der Waals surface area contributed by atoms with E-state index < -0.39 is 5.54 Å². The van der Waals surface area contributed by atoms with E-state index in [1.165, 1.54) is 7.11 Å². The molecule has 1 N–H and O–H groups in total. The number of hydrogen-bond acceptors (Lipinski definition) is 4. The van der Waals surface area contributed by atoms with Crippen LogP contribution in [0.5, 0.6) is 11.5 Å². The van der Waals surface area contributed by atoms with Gasteiger partial charge in [0.05, 0.1) is 12.1 Å². The van der Waals surface area contributed by atoms with Crippen LogP contribution in [-0.4, -0.2) is 18.3 Å². The second-order valence-corrected chi connectivity index (χ2v) is 4.90. The Balaban J connectivity index is 2.67. The molecule has 1 aliphatic rings. The van der Waals surface area contributed by atoms with Gasteiger partial charge < -0.3 is 9.84 Å². The molecular formula is C13H14ClNO3. The Morgan fingerprint density at radius 1 is 1.56 bits per heavy atom. The lowest BCUT2D eigenvalue weighted by Gasteiger charge is -2.39. The molecule has 1 aromatic rings. The fraction of sp³-hybridized carbons (Fsp3) is 0.462. The van der Waals surface area contributed by atoms with E-state index in [9.17, 15) is 9.90 Å². The van der Waals surface area contributed by atoms with Gasteiger partial charge >= 0.3 is 0 Å². The third-order valence-corrected chi connectivity index (χ3v) is 3.87. The highest BCUT2D eigenvalue weighted by Crippen LogP contribution is 2.52. The maximum atomic E-state index is 10.6. The van der Waals surface area contributed by atoms with Gasteiger partial charge in [0.2, 0.25) is 6.08 Å². The molecule has 0 unspecified atom stereocenters. The lowest BCUT2D eigenvalue weighted by Crippen LogP contribution is -2.33. The maximum Gasteiger partial charge on any atom is 0.235 e.